The quantitative estimate of drug-likeness (QED) is 0.238. The van der Waals surface area contributed by atoms with E-state index < -0.39 is 0 Å². The molecule has 0 amide bonds. The summed E-state index contributed by atoms with van der Waals surface area (Å²) < 4.78 is 20.7. The lowest BCUT2D eigenvalue weighted by Gasteiger charge is -2.15. The highest BCUT2D eigenvalue weighted by molar-refractivity contribution is 5.99. The van der Waals surface area contributed by atoms with E-state index in [-0.39, 0.29) is 5.82 Å². The number of benzene rings is 1. The molecule has 9 nitrogen and oxygen atoms in total. The van der Waals surface area contributed by atoms with Crippen LogP contribution < -0.4 is 9.64 Å². The summed E-state index contributed by atoms with van der Waals surface area (Å²) in [5, 5.41) is 8.54. The molecule has 0 saturated carbocycles. The van der Waals surface area contributed by atoms with Crippen LogP contribution in [0.25, 0.3) is 55.8 Å². The van der Waals surface area contributed by atoms with E-state index in [0.717, 1.165) is 69.8 Å². The highest BCUT2D eigenvalue weighted by Gasteiger charge is 2.17. The van der Waals surface area contributed by atoms with Crippen molar-refractivity contribution >= 4 is 27.8 Å². The zero-order valence-corrected chi connectivity index (χ0v) is 23.6. The van der Waals surface area contributed by atoms with Gasteiger partial charge in [-0.25, -0.2) is 14.4 Å². The number of aromatic nitrogens is 6. The molecule has 6 aromatic rings. The van der Waals surface area contributed by atoms with Gasteiger partial charge in [-0.2, -0.15) is 5.10 Å². The van der Waals surface area contributed by atoms with Gasteiger partial charge in [0.05, 0.1) is 28.8 Å². The summed E-state index contributed by atoms with van der Waals surface area (Å²) in [6.45, 7) is 3.58. The van der Waals surface area contributed by atoms with Crippen molar-refractivity contribution in [1.82, 2.24) is 35.0 Å². The molecular weight excluding hydrogens is 531 g/mol. The number of H-pyrrole nitrogens is 2. The number of nitrogens with zero attached hydrogens (tertiary/aromatic N) is 6. The number of anilines is 1. The van der Waals surface area contributed by atoms with Gasteiger partial charge < -0.3 is 14.6 Å². The second-order valence-electron chi connectivity index (χ2n) is 10.9. The predicted octanol–water partition coefficient (Wildman–Crippen LogP) is 5.91. The van der Waals surface area contributed by atoms with Crippen molar-refractivity contribution in [3.05, 3.63) is 72.9 Å². The first-order valence-electron chi connectivity index (χ1n) is 14.1. The monoisotopic (exact) mass is 562 g/mol. The summed E-state index contributed by atoms with van der Waals surface area (Å²) in [4.78, 5) is 21.7. The zero-order chi connectivity index (χ0) is 28.6. The molecule has 0 unspecified atom stereocenters. The molecule has 1 aliphatic heterocycles. The number of fused-ring (bicyclic) bond motifs is 2. The Morgan fingerprint density at radius 1 is 1.00 bits per heavy atom. The maximum absolute atomic E-state index is 14.7. The van der Waals surface area contributed by atoms with Gasteiger partial charge in [0.2, 0.25) is 0 Å². The van der Waals surface area contributed by atoms with Gasteiger partial charge in [0.1, 0.15) is 35.0 Å². The molecule has 212 valence electrons. The van der Waals surface area contributed by atoms with Gasteiger partial charge in [-0.1, -0.05) is 0 Å². The van der Waals surface area contributed by atoms with Gasteiger partial charge >= 0.3 is 0 Å². The average Bonchev–Trinajstić information content (AvgIpc) is 3.76. The molecule has 1 aliphatic rings. The van der Waals surface area contributed by atoms with Gasteiger partial charge in [-0.3, -0.25) is 15.0 Å². The predicted molar refractivity (Wildman–Crippen MR) is 163 cm³/mol. The van der Waals surface area contributed by atoms with Crippen LogP contribution in [0.2, 0.25) is 0 Å². The normalized spacial score (nSPS) is 13.8. The number of halogens is 1. The molecule has 1 aromatic carbocycles. The third-order valence-electron chi connectivity index (χ3n) is 7.79. The molecule has 0 radical (unpaired) electrons. The summed E-state index contributed by atoms with van der Waals surface area (Å²) in [5.41, 5.74) is 7.96. The first-order valence-corrected chi connectivity index (χ1v) is 14.1. The van der Waals surface area contributed by atoms with Gasteiger partial charge in [-0.15, -0.1) is 0 Å². The average molecular weight is 563 g/mol. The molecule has 10 heteroatoms. The Labute approximate surface area is 242 Å². The van der Waals surface area contributed by atoms with E-state index >= 15 is 0 Å². The summed E-state index contributed by atoms with van der Waals surface area (Å²) in [6, 6.07) is 14.7. The minimum atomic E-state index is -0.341. The van der Waals surface area contributed by atoms with Crippen molar-refractivity contribution in [2.24, 2.45) is 0 Å². The molecule has 1 fully saturated rings. The molecule has 0 atom stereocenters. The Balaban J connectivity index is 1.22. The minimum Gasteiger partial charge on any atom is -0.492 e. The lowest BCUT2D eigenvalue weighted by molar-refractivity contribution is 0.237. The Morgan fingerprint density at radius 2 is 1.88 bits per heavy atom. The maximum Gasteiger partial charge on any atom is 0.138 e. The van der Waals surface area contributed by atoms with E-state index in [1.54, 1.807) is 6.20 Å². The van der Waals surface area contributed by atoms with Crippen molar-refractivity contribution in [2.75, 3.05) is 45.2 Å². The largest absolute Gasteiger partial charge is 0.492 e. The fourth-order valence-corrected chi connectivity index (χ4v) is 5.57. The molecule has 7 rings (SSSR count). The number of pyridine rings is 3. The standard InChI is InChI=1S/C32H31FN8O/c1-40(2)23-14-21(18-34-19-23)27-5-6-28-30(36-27)31(39-38-28)29-17-26-25(7-8-35-32(26)37-29)20-13-22(33)16-24(15-20)42-12-11-41-9-3-4-10-41/h5-8,13-19H,3-4,9-12H2,1-2H3,(H,35,37)(H,38,39). The molecule has 1 saturated heterocycles. The number of rotatable bonds is 8. The van der Waals surface area contributed by atoms with Crippen LogP contribution in [0.3, 0.4) is 0 Å². The van der Waals surface area contributed by atoms with Crippen molar-refractivity contribution in [3.8, 4) is 39.5 Å². The van der Waals surface area contributed by atoms with Crippen LogP contribution in [-0.2, 0) is 0 Å². The number of nitrogens with one attached hydrogen (secondary N) is 2. The summed E-state index contributed by atoms with van der Waals surface area (Å²) in [5.74, 6) is 0.181. The third-order valence-corrected chi connectivity index (χ3v) is 7.79. The lowest BCUT2D eigenvalue weighted by atomic mass is 10.0. The molecule has 0 bridgehead atoms. The fourth-order valence-electron chi connectivity index (χ4n) is 5.57. The molecule has 6 heterocycles. The van der Waals surface area contributed by atoms with Crippen molar-refractivity contribution < 1.29 is 9.13 Å². The highest BCUT2D eigenvalue weighted by Crippen LogP contribution is 2.35. The van der Waals surface area contributed by atoms with E-state index in [9.17, 15) is 4.39 Å². The lowest BCUT2D eigenvalue weighted by Crippen LogP contribution is -2.25. The Hall–Kier alpha value is -4.83. The van der Waals surface area contributed by atoms with Gasteiger partial charge in [0, 0.05) is 50.0 Å². The first-order chi connectivity index (χ1) is 20.5. The Bertz CT molecular complexity index is 1890. The molecule has 0 aliphatic carbocycles. The molecule has 42 heavy (non-hydrogen) atoms. The number of aromatic amines is 2. The third kappa shape index (κ3) is 5.05. The van der Waals surface area contributed by atoms with Crippen LogP contribution in [0.4, 0.5) is 10.1 Å². The summed E-state index contributed by atoms with van der Waals surface area (Å²) >= 11 is 0. The van der Waals surface area contributed by atoms with Crippen LogP contribution >= 0.6 is 0 Å². The minimum absolute atomic E-state index is 0.341. The van der Waals surface area contributed by atoms with E-state index in [1.165, 1.54) is 25.0 Å². The van der Waals surface area contributed by atoms with Crippen LogP contribution in [0.5, 0.6) is 5.75 Å². The summed E-state index contributed by atoms with van der Waals surface area (Å²) in [7, 11) is 3.97. The van der Waals surface area contributed by atoms with E-state index in [4.69, 9.17) is 9.72 Å². The molecule has 0 spiro atoms. The second kappa shape index (κ2) is 10.9. The van der Waals surface area contributed by atoms with Gasteiger partial charge in [0.15, 0.2) is 0 Å². The van der Waals surface area contributed by atoms with E-state index in [0.29, 0.717) is 23.7 Å². The number of likely N-dealkylation sites (tertiary alicyclic amines) is 1. The topological polar surface area (TPSA) is 98.9 Å². The zero-order valence-electron chi connectivity index (χ0n) is 23.6. The van der Waals surface area contributed by atoms with E-state index in [2.05, 4.69) is 36.1 Å². The van der Waals surface area contributed by atoms with Crippen LogP contribution in [0.15, 0.2) is 67.1 Å². The fraction of sp³-hybridized carbons (Fsp3) is 0.250. The maximum atomic E-state index is 14.7. The number of hydrogen-bond donors (Lipinski definition) is 2. The molecular formula is C32H31FN8O. The van der Waals surface area contributed by atoms with Gasteiger partial charge in [0.25, 0.3) is 0 Å². The van der Waals surface area contributed by atoms with Crippen molar-refractivity contribution in [3.63, 3.8) is 0 Å². The number of hydrogen-bond acceptors (Lipinski definition) is 7. The Kier molecular flexibility index (Phi) is 6.75. The summed E-state index contributed by atoms with van der Waals surface area (Å²) in [6.07, 6.45) is 7.81. The van der Waals surface area contributed by atoms with Crippen LogP contribution in [0, 0.1) is 5.82 Å². The highest BCUT2D eigenvalue weighted by atomic mass is 19.1. The first kappa shape index (κ1) is 26.1. The number of ether oxygens (including phenoxy) is 1. The smallest absolute Gasteiger partial charge is 0.138 e. The van der Waals surface area contributed by atoms with Crippen LogP contribution in [0.1, 0.15) is 12.8 Å². The van der Waals surface area contributed by atoms with Crippen LogP contribution in [-0.4, -0.2) is 75.4 Å². The SMILES string of the molecule is CN(C)c1cncc(-c2ccc3[nH]nc(-c4cc5c(-c6cc(F)cc(OCCN7CCCC7)c6)ccnc5[nH]4)c3n2)c1. The van der Waals surface area contributed by atoms with Crippen molar-refractivity contribution in [1.29, 1.82) is 0 Å². The van der Waals surface area contributed by atoms with Crippen molar-refractivity contribution in [2.45, 2.75) is 12.8 Å². The molecule has 5 aromatic heterocycles. The molecule has 2 N–H and O–H groups in total. The van der Waals surface area contributed by atoms with E-state index in [1.807, 2.05) is 61.7 Å². The second-order valence-corrected chi connectivity index (χ2v) is 10.9. The van der Waals surface area contributed by atoms with Gasteiger partial charge in [-0.05, 0) is 79.5 Å². The Morgan fingerprint density at radius 3 is 2.74 bits per heavy atom.